The van der Waals surface area contributed by atoms with Crippen LogP contribution in [0.3, 0.4) is 0 Å². The summed E-state index contributed by atoms with van der Waals surface area (Å²) in [6.45, 7) is -0.0956. The normalized spacial score (nSPS) is 12.5. The molecule has 1 aromatic heterocycles. The highest BCUT2D eigenvalue weighted by Crippen LogP contribution is 2.13. The second kappa shape index (κ2) is 7.20. The third-order valence-corrected chi connectivity index (χ3v) is 2.91. The molecule has 2 N–H and O–H groups in total. The molecule has 1 atom stereocenters. The Labute approximate surface area is 126 Å². The molecule has 0 saturated carbocycles. The topological polar surface area (TPSA) is 86.3 Å². The van der Waals surface area contributed by atoms with E-state index in [2.05, 4.69) is 5.32 Å². The number of aliphatic hydroxyl groups is 1. The Morgan fingerprint density at radius 3 is 2.73 bits per heavy atom. The van der Waals surface area contributed by atoms with Crippen molar-refractivity contribution >= 4 is 12.0 Å². The number of aliphatic hydroxyl groups excluding tert-OH is 1. The van der Waals surface area contributed by atoms with E-state index in [1.54, 1.807) is 18.2 Å². The fraction of sp³-hybridized carbons (Fsp3) is 0.125. The molecule has 22 heavy (non-hydrogen) atoms. The van der Waals surface area contributed by atoms with Gasteiger partial charge in [-0.1, -0.05) is 12.1 Å². The predicted octanol–water partition coefficient (Wildman–Crippen LogP) is 2.18. The van der Waals surface area contributed by atoms with Crippen molar-refractivity contribution in [2.75, 3.05) is 6.54 Å². The summed E-state index contributed by atoms with van der Waals surface area (Å²) in [6, 6.07) is 10.3. The fourth-order valence-electron chi connectivity index (χ4n) is 1.75. The summed E-state index contributed by atoms with van der Waals surface area (Å²) in [5, 5.41) is 21.3. The second-order valence-corrected chi connectivity index (χ2v) is 4.46. The molecule has 0 fully saturated rings. The Bertz CT molecular complexity index is 700. The summed E-state index contributed by atoms with van der Waals surface area (Å²) in [6.07, 6.45) is 1.74. The van der Waals surface area contributed by atoms with Crippen LogP contribution in [0.15, 0.2) is 52.7 Å². The summed E-state index contributed by atoms with van der Waals surface area (Å²) < 4.78 is 17.8. The van der Waals surface area contributed by atoms with Gasteiger partial charge < -0.3 is 14.8 Å². The summed E-state index contributed by atoms with van der Waals surface area (Å²) in [5.41, 5.74) is 0.330. The number of nitrogens with zero attached hydrogens (tertiary/aromatic N) is 1. The first kappa shape index (κ1) is 15.5. The molecule has 0 bridgehead atoms. The van der Waals surface area contributed by atoms with Crippen LogP contribution in [0.1, 0.15) is 17.4 Å². The highest BCUT2D eigenvalue weighted by atomic mass is 19.1. The fourth-order valence-corrected chi connectivity index (χ4v) is 1.75. The summed E-state index contributed by atoms with van der Waals surface area (Å²) in [7, 11) is 0. The highest BCUT2D eigenvalue weighted by molar-refractivity contribution is 6.01. The van der Waals surface area contributed by atoms with Gasteiger partial charge in [-0.2, -0.15) is 5.26 Å². The largest absolute Gasteiger partial charge is 0.465 e. The van der Waals surface area contributed by atoms with Crippen LogP contribution in [0.5, 0.6) is 0 Å². The van der Waals surface area contributed by atoms with Gasteiger partial charge in [0.05, 0.1) is 12.4 Å². The van der Waals surface area contributed by atoms with Gasteiger partial charge in [-0.15, -0.1) is 0 Å². The van der Waals surface area contributed by atoms with Crippen molar-refractivity contribution in [2.45, 2.75) is 6.10 Å². The van der Waals surface area contributed by atoms with Crippen LogP contribution in [-0.4, -0.2) is 17.6 Å². The van der Waals surface area contributed by atoms with E-state index in [1.807, 2.05) is 0 Å². The number of furan rings is 1. The van der Waals surface area contributed by atoms with Gasteiger partial charge in [0.2, 0.25) is 0 Å². The average Bonchev–Trinajstić information content (AvgIpc) is 3.03. The second-order valence-electron chi connectivity index (χ2n) is 4.46. The number of benzene rings is 1. The van der Waals surface area contributed by atoms with Gasteiger partial charge in [0.1, 0.15) is 23.2 Å². The molecular weight excluding hydrogens is 287 g/mol. The lowest BCUT2D eigenvalue weighted by Gasteiger charge is -2.11. The van der Waals surface area contributed by atoms with E-state index in [0.29, 0.717) is 11.3 Å². The third kappa shape index (κ3) is 4.04. The summed E-state index contributed by atoms with van der Waals surface area (Å²) >= 11 is 0. The van der Waals surface area contributed by atoms with Crippen LogP contribution in [0.2, 0.25) is 0 Å². The molecular formula is C16H13FN2O3. The molecule has 2 aromatic rings. The van der Waals surface area contributed by atoms with E-state index < -0.39 is 17.8 Å². The monoisotopic (exact) mass is 300 g/mol. The molecule has 1 unspecified atom stereocenters. The van der Waals surface area contributed by atoms with Crippen LogP contribution in [0.4, 0.5) is 4.39 Å². The molecule has 1 heterocycles. The minimum atomic E-state index is -0.992. The first-order valence-electron chi connectivity index (χ1n) is 6.47. The molecule has 0 aliphatic heterocycles. The molecule has 0 saturated heterocycles. The number of nitriles is 1. The van der Waals surface area contributed by atoms with Crippen molar-refractivity contribution in [3.63, 3.8) is 0 Å². The zero-order valence-electron chi connectivity index (χ0n) is 11.5. The Kier molecular flexibility index (Phi) is 5.07. The highest BCUT2D eigenvalue weighted by Gasteiger charge is 2.13. The summed E-state index contributed by atoms with van der Waals surface area (Å²) in [5.74, 6) is -0.654. The molecule has 0 radical (unpaired) electrons. The van der Waals surface area contributed by atoms with E-state index in [-0.39, 0.29) is 12.1 Å². The van der Waals surface area contributed by atoms with Crippen molar-refractivity contribution in [3.05, 3.63) is 65.4 Å². The molecule has 6 heteroatoms. The maximum absolute atomic E-state index is 12.8. The Hall–Kier alpha value is -2.91. The zero-order valence-corrected chi connectivity index (χ0v) is 11.5. The zero-order chi connectivity index (χ0) is 15.9. The number of carbonyl (C=O) groups excluding carboxylic acids is 1. The number of amides is 1. The standard InChI is InChI=1S/C16H13FN2O3/c17-13-5-3-11(4-6-13)15(20)10-19-16(21)12(9-18)8-14-2-1-7-22-14/h1-8,15,20H,10H2,(H,19,21)/b12-8+. The maximum Gasteiger partial charge on any atom is 0.262 e. The van der Waals surface area contributed by atoms with Crippen molar-refractivity contribution < 1.29 is 18.7 Å². The number of hydrogen-bond acceptors (Lipinski definition) is 4. The van der Waals surface area contributed by atoms with Gasteiger partial charge in [0.15, 0.2) is 0 Å². The van der Waals surface area contributed by atoms with Gasteiger partial charge in [0, 0.05) is 12.6 Å². The quantitative estimate of drug-likeness (QED) is 0.654. The van der Waals surface area contributed by atoms with Gasteiger partial charge in [-0.05, 0) is 29.8 Å². The lowest BCUT2D eigenvalue weighted by Crippen LogP contribution is -2.29. The van der Waals surface area contributed by atoms with Gasteiger partial charge in [0.25, 0.3) is 5.91 Å². The Morgan fingerprint density at radius 2 is 2.14 bits per heavy atom. The molecule has 0 aliphatic carbocycles. The minimum absolute atomic E-state index is 0.0956. The Morgan fingerprint density at radius 1 is 1.41 bits per heavy atom. The van der Waals surface area contributed by atoms with Gasteiger partial charge >= 0.3 is 0 Å². The number of carbonyl (C=O) groups is 1. The first-order chi connectivity index (χ1) is 10.6. The smallest absolute Gasteiger partial charge is 0.262 e. The van der Waals surface area contributed by atoms with Crippen LogP contribution >= 0.6 is 0 Å². The lowest BCUT2D eigenvalue weighted by molar-refractivity contribution is -0.117. The maximum atomic E-state index is 12.8. The van der Waals surface area contributed by atoms with E-state index in [9.17, 15) is 14.3 Å². The van der Waals surface area contributed by atoms with Gasteiger partial charge in [-0.3, -0.25) is 4.79 Å². The molecule has 0 aliphatic rings. The molecule has 2 rings (SSSR count). The van der Waals surface area contributed by atoms with Crippen molar-refractivity contribution in [1.82, 2.24) is 5.32 Å². The van der Waals surface area contributed by atoms with Crippen molar-refractivity contribution in [1.29, 1.82) is 5.26 Å². The van der Waals surface area contributed by atoms with Gasteiger partial charge in [-0.25, -0.2) is 4.39 Å². The number of hydrogen-bond donors (Lipinski definition) is 2. The Balaban J connectivity index is 1.97. The van der Waals surface area contributed by atoms with Crippen LogP contribution in [-0.2, 0) is 4.79 Å². The van der Waals surface area contributed by atoms with E-state index >= 15 is 0 Å². The molecule has 5 nitrogen and oxygen atoms in total. The number of nitrogens with one attached hydrogen (secondary N) is 1. The van der Waals surface area contributed by atoms with Crippen molar-refractivity contribution in [2.24, 2.45) is 0 Å². The molecule has 1 amide bonds. The van der Waals surface area contributed by atoms with Crippen LogP contribution < -0.4 is 5.32 Å². The lowest BCUT2D eigenvalue weighted by atomic mass is 10.1. The van der Waals surface area contributed by atoms with Crippen LogP contribution in [0.25, 0.3) is 6.08 Å². The van der Waals surface area contributed by atoms with E-state index in [4.69, 9.17) is 9.68 Å². The number of rotatable bonds is 5. The number of halogens is 1. The summed E-state index contributed by atoms with van der Waals surface area (Å²) in [4.78, 5) is 11.9. The van der Waals surface area contributed by atoms with Crippen molar-refractivity contribution in [3.8, 4) is 6.07 Å². The van der Waals surface area contributed by atoms with E-state index in [1.165, 1.54) is 36.6 Å². The SMILES string of the molecule is N#C/C(=C\c1ccco1)C(=O)NCC(O)c1ccc(F)cc1. The van der Waals surface area contributed by atoms with E-state index in [0.717, 1.165) is 0 Å². The minimum Gasteiger partial charge on any atom is -0.465 e. The first-order valence-corrected chi connectivity index (χ1v) is 6.47. The molecule has 0 spiro atoms. The molecule has 1 aromatic carbocycles. The third-order valence-electron chi connectivity index (χ3n) is 2.91. The predicted molar refractivity (Wildman–Crippen MR) is 76.7 cm³/mol. The molecule has 112 valence electrons. The average molecular weight is 300 g/mol. The van der Waals surface area contributed by atoms with Crippen LogP contribution in [0, 0.1) is 17.1 Å².